The minimum atomic E-state index is 0.508. The zero-order valence-corrected chi connectivity index (χ0v) is 9.42. The van der Waals surface area contributed by atoms with Crippen LogP contribution in [0.15, 0.2) is 30.5 Å². The van der Waals surface area contributed by atoms with E-state index in [0.29, 0.717) is 11.0 Å². The lowest BCUT2D eigenvalue weighted by atomic mass is 10.1. The van der Waals surface area contributed by atoms with E-state index in [-0.39, 0.29) is 0 Å². The van der Waals surface area contributed by atoms with Gasteiger partial charge in [0, 0.05) is 11.8 Å². The van der Waals surface area contributed by atoms with Gasteiger partial charge in [0.1, 0.15) is 11.0 Å². The second kappa shape index (κ2) is 3.99. The van der Waals surface area contributed by atoms with Crippen LogP contribution in [0.4, 0.5) is 0 Å². The molecule has 0 saturated carbocycles. The molecule has 0 saturated heterocycles. The van der Waals surface area contributed by atoms with E-state index in [2.05, 4.69) is 16.0 Å². The Labute approximate surface area is 94.0 Å². The van der Waals surface area contributed by atoms with Crippen molar-refractivity contribution in [3.8, 4) is 11.1 Å². The average Bonchev–Trinajstić information content (AvgIpc) is 2.17. The molecule has 2 rings (SSSR count). The zero-order valence-electron chi connectivity index (χ0n) is 8.66. The van der Waals surface area contributed by atoms with E-state index in [1.807, 2.05) is 32.0 Å². The summed E-state index contributed by atoms with van der Waals surface area (Å²) in [5.74, 6) is 0.691. The van der Waals surface area contributed by atoms with Gasteiger partial charge in [0.25, 0.3) is 0 Å². The van der Waals surface area contributed by atoms with Crippen LogP contribution < -0.4 is 0 Å². The van der Waals surface area contributed by atoms with Crippen molar-refractivity contribution in [2.24, 2.45) is 0 Å². The molecule has 0 radical (unpaired) electrons. The van der Waals surface area contributed by atoms with E-state index >= 15 is 0 Å². The Balaban J connectivity index is 2.54. The van der Waals surface area contributed by atoms with Crippen molar-refractivity contribution in [1.29, 1.82) is 0 Å². The summed E-state index contributed by atoms with van der Waals surface area (Å²) in [6, 6.07) is 8.13. The van der Waals surface area contributed by atoms with E-state index < -0.39 is 0 Å². The third kappa shape index (κ3) is 2.16. The molecule has 0 atom stereocenters. The maximum atomic E-state index is 6.07. The lowest BCUT2D eigenvalue weighted by Crippen LogP contribution is -1.90. The van der Waals surface area contributed by atoms with E-state index in [1.165, 1.54) is 5.56 Å². The summed E-state index contributed by atoms with van der Waals surface area (Å²) in [4.78, 5) is 8.28. The van der Waals surface area contributed by atoms with Crippen LogP contribution in [0.1, 0.15) is 11.4 Å². The van der Waals surface area contributed by atoms with E-state index in [4.69, 9.17) is 11.6 Å². The van der Waals surface area contributed by atoms with Crippen molar-refractivity contribution >= 4 is 11.6 Å². The van der Waals surface area contributed by atoms with Crippen LogP contribution >= 0.6 is 11.6 Å². The van der Waals surface area contributed by atoms with E-state index in [0.717, 1.165) is 11.1 Å². The molecule has 0 aliphatic rings. The van der Waals surface area contributed by atoms with E-state index in [1.54, 1.807) is 6.20 Å². The first-order valence-electron chi connectivity index (χ1n) is 4.73. The predicted octanol–water partition coefficient (Wildman–Crippen LogP) is 3.41. The van der Waals surface area contributed by atoms with Gasteiger partial charge in [0.05, 0.1) is 0 Å². The van der Waals surface area contributed by atoms with Crippen molar-refractivity contribution in [1.82, 2.24) is 9.97 Å². The molecule has 0 aliphatic carbocycles. The second-order valence-corrected chi connectivity index (χ2v) is 3.85. The second-order valence-electron chi connectivity index (χ2n) is 3.49. The molecule has 0 bridgehead atoms. The molecule has 0 N–H and O–H groups in total. The van der Waals surface area contributed by atoms with Crippen molar-refractivity contribution < 1.29 is 0 Å². The van der Waals surface area contributed by atoms with Crippen LogP contribution in [-0.4, -0.2) is 9.97 Å². The van der Waals surface area contributed by atoms with Gasteiger partial charge in [-0.15, -0.1) is 0 Å². The fraction of sp³-hybridized carbons (Fsp3) is 0.167. The minimum absolute atomic E-state index is 0.508. The van der Waals surface area contributed by atoms with Gasteiger partial charge in [-0.3, -0.25) is 0 Å². The quantitative estimate of drug-likeness (QED) is 0.686. The molecule has 2 aromatic rings. The SMILES string of the molecule is Cc1cccc(-c2cnc(C)nc2Cl)c1. The smallest absolute Gasteiger partial charge is 0.140 e. The van der Waals surface area contributed by atoms with Gasteiger partial charge in [-0.1, -0.05) is 41.4 Å². The van der Waals surface area contributed by atoms with Gasteiger partial charge < -0.3 is 0 Å². The van der Waals surface area contributed by atoms with Gasteiger partial charge in [0.2, 0.25) is 0 Å². The fourth-order valence-electron chi connectivity index (χ4n) is 1.45. The van der Waals surface area contributed by atoms with Crippen LogP contribution in [-0.2, 0) is 0 Å². The fourth-order valence-corrected chi connectivity index (χ4v) is 1.73. The molecule has 0 fully saturated rings. The summed E-state index contributed by atoms with van der Waals surface area (Å²) in [5.41, 5.74) is 3.13. The first-order chi connectivity index (χ1) is 7.16. The van der Waals surface area contributed by atoms with Crippen LogP contribution in [0.3, 0.4) is 0 Å². The normalized spacial score (nSPS) is 10.3. The summed E-state index contributed by atoms with van der Waals surface area (Å²) in [6.45, 7) is 3.87. The summed E-state index contributed by atoms with van der Waals surface area (Å²) in [7, 11) is 0. The minimum Gasteiger partial charge on any atom is -0.241 e. The van der Waals surface area contributed by atoms with Crippen LogP contribution in [0.5, 0.6) is 0 Å². The number of hydrogen-bond acceptors (Lipinski definition) is 2. The van der Waals surface area contributed by atoms with Crippen LogP contribution in [0, 0.1) is 13.8 Å². The summed E-state index contributed by atoms with van der Waals surface area (Å²) in [6.07, 6.45) is 1.76. The van der Waals surface area contributed by atoms with Gasteiger partial charge in [0.15, 0.2) is 0 Å². The first kappa shape index (κ1) is 10.1. The maximum Gasteiger partial charge on any atom is 0.140 e. The molecular weight excluding hydrogens is 208 g/mol. The maximum absolute atomic E-state index is 6.07. The first-order valence-corrected chi connectivity index (χ1v) is 5.11. The predicted molar refractivity (Wildman–Crippen MR) is 62.0 cm³/mol. The Morgan fingerprint density at radius 3 is 2.67 bits per heavy atom. The van der Waals surface area contributed by atoms with Crippen LogP contribution in [0.2, 0.25) is 5.15 Å². The third-order valence-electron chi connectivity index (χ3n) is 2.19. The third-order valence-corrected chi connectivity index (χ3v) is 2.48. The van der Waals surface area contributed by atoms with Gasteiger partial charge in [-0.25, -0.2) is 9.97 Å². The summed E-state index contributed by atoms with van der Waals surface area (Å²) >= 11 is 6.07. The number of halogens is 1. The molecule has 0 spiro atoms. The Hall–Kier alpha value is -1.41. The molecule has 1 aromatic heterocycles. The lowest BCUT2D eigenvalue weighted by molar-refractivity contribution is 1.06. The number of hydrogen-bond donors (Lipinski definition) is 0. The van der Waals surface area contributed by atoms with Gasteiger partial charge >= 0.3 is 0 Å². The molecule has 76 valence electrons. The number of aryl methyl sites for hydroxylation is 2. The molecular formula is C12H11ClN2. The highest BCUT2D eigenvalue weighted by atomic mass is 35.5. The Bertz CT molecular complexity index is 495. The Kier molecular flexibility index (Phi) is 2.69. The average molecular weight is 219 g/mol. The van der Waals surface area contributed by atoms with Crippen LogP contribution in [0.25, 0.3) is 11.1 Å². The number of rotatable bonds is 1. The largest absolute Gasteiger partial charge is 0.241 e. The number of aromatic nitrogens is 2. The topological polar surface area (TPSA) is 25.8 Å². The Morgan fingerprint density at radius 2 is 2.00 bits per heavy atom. The highest BCUT2D eigenvalue weighted by Gasteiger charge is 2.05. The van der Waals surface area contributed by atoms with Crippen molar-refractivity contribution in [3.63, 3.8) is 0 Å². The standard InChI is InChI=1S/C12H11ClN2/c1-8-4-3-5-10(6-8)11-7-14-9(2)15-12(11)13/h3-7H,1-2H3. The number of nitrogens with zero attached hydrogens (tertiary/aromatic N) is 2. The molecule has 1 aromatic carbocycles. The Morgan fingerprint density at radius 1 is 1.20 bits per heavy atom. The lowest BCUT2D eigenvalue weighted by Gasteiger charge is -2.04. The highest BCUT2D eigenvalue weighted by Crippen LogP contribution is 2.25. The van der Waals surface area contributed by atoms with Crippen molar-refractivity contribution in [2.75, 3.05) is 0 Å². The number of benzene rings is 1. The molecule has 0 amide bonds. The monoisotopic (exact) mass is 218 g/mol. The van der Waals surface area contributed by atoms with Crippen molar-refractivity contribution in [3.05, 3.63) is 47.0 Å². The van der Waals surface area contributed by atoms with E-state index in [9.17, 15) is 0 Å². The molecule has 2 nitrogen and oxygen atoms in total. The molecule has 1 heterocycles. The molecule has 0 aliphatic heterocycles. The summed E-state index contributed by atoms with van der Waals surface area (Å²) < 4.78 is 0. The zero-order chi connectivity index (χ0) is 10.8. The summed E-state index contributed by atoms with van der Waals surface area (Å²) in [5, 5.41) is 0.508. The molecule has 15 heavy (non-hydrogen) atoms. The van der Waals surface area contributed by atoms with Gasteiger partial charge in [-0.2, -0.15) is 0 Å². The molecule has 3 heteroatoms. The highest BCUT2D eigenvalue weighted by molar-refractivity contribution is 6.32. The van der Waals surface area contributed by atoms with Gasteiger partial charge in [-0.05, 0) is 19.4 Å². The van der Waals surface area contributed by atoms with Crippen molar-refractivity contribution in [2.45, 2.75) is 13.8 Å². The molecule has 0 unspecified atom stereocenters.